The molecule has 2 N–H and O–H groups in total. The molecule has 1 radical (unpaired) electrons. The summed E-state index contributed by atoms with van der Waals surface area (Å²) >= 11 is 5.67. The summed E-state index contributed by atoms with van der Waals surface area (Å²) in [7, 11) is 0. The van der Waals surface area contributed by atoms with E-state index in [1.807, 2.05) is 0 Å². The van der Waals surface area contributed by atoms with Gasteiger partial charge in [0, 0.05) is 6.42 Å². The molecule has 5 heteroatoms. The lowest BCUT2D eigenvalue weighted by atomic mass is 10.2. The second kappa shape index (κ2) is 4.26. The number of rotatable bonds is 2. The second-order valence-electron chi connectivity index (χ2n) is 3.36. The first-order valence-corrected chi connectivity index (χ1v) is 4.96. The predicted molar refractivity (Wildman–Crippen MR) is 55.8 cm³/mol. The fourth-order valence-corrected chi connectivity index (χ4v) is 1.74. The van der Waals surface area contributed by atoms with Crippen molar-refractivity contribution in [1.29, 1.82) is 0 Å². The van der Waals surface area contributed by atoms with Crippen molar-refractivity contribution in [2.24, 2.45) is 0 Å². The molecular formula is C10H11ClNO3. The Balaban J connectivity index is 2.14. The molecule has 1 aliphatic rings. The molecule has 1 heterocycles. The summed E-state index contributed by atoms with van der Waals surface area (Å²) < 4.78 is 5.05. The monoisotopic (exact) mass is 228 g/mol. The number of phenolic OH excluding ortho intramolecular Hbond substituents is 1. The first-order valence-electron chi connectivity index (χ1n) is 4.58. The molecule has 0 amide bonds. The van der Waals surface area contributed by atoms with E-state index in [1.54, 1.807) is 18.2 Å². The standard InChI is InChI=1S/C10H11ClNO3/c11-10-5-7(6-15-10)12(14)8-3-1-2-4-9(8)13/h1-4,7,13-14H,5-6H2. The molecule has 1 aliphatic heterocycles. The van der Waals surface area contributed by atoms with Gasteiger partial charge in [0.05, 0.1) is 12.6 Å². The van der Waals surface area contributed by atoms with E-state index in [9.17, 15) is 10.3 Å². The number of para-hydroxylation sites is 2. The molecule has 0 aromatic heterocycles. The van der Waals surface area contributed by atoms with E-state index in [2.05, 4.69) is 0 Å². The van der Waals surface area contributed by atoms with Crippen molar-refractivity contribution >= 4 is 17.3 Å². The van der Waals surface area contributed by atoms with Gasteiger partial charge < -0.3 is 9.84 Å². The number of anilines is 1. The van der Waals surface area contributed by atoms with Crippen LogP contribution in [-0.2, 0) is 4.74 Å². The zero-order chi connectivity index (χ0) is 10.8. The smallest absolute Gasteiger partial charge is 0.186 e. The lowest BCUT2D eigenvalue weighted by Gasteiger charge is -2.23. The van der Waals surface area contributed by atoms with Crippen molar-refractivity contribution < 1.29 is 15.1 Å². The van der Waals surface area contributed by atoms with E-state index in [0.29, 0.717) is 24.3 Å². The second-order valence-corrected chi connectivity index (χ2v) is 3.78. The number of hydrogen-bond donors (Lipinski definition) is 2. The number of ether oxygens (including phenoxy) is 1. The summed E-state index contributed by atoms with van der Waals surface area (Å²) in [6, 6.07) is 6.32. The van der Waals surface area contributed by atoms with Crippen molar-refractivity contribution in [3.63, 3.8) is 0 Å². The lowest BCUT2D eigenvalue weighted by molar-refractivity contribution is 0.178. The van der Waals surface area contributed by atoms with Crippen molar-refractivity contribution in [2.75, 3.05) is 11.7 Å². The number of phenols is 1. The quantitative estimate of drug-likeness (QED) is 0.762. The van der Waals surface area contributed by atoms with Crippen molar-refractivity contribution in [3.8, 4) is 5.75 Å². The average molecular weight is 229 g/mol. The zero-order valence-electron chi connectivity index (χ0n) is 7.93. The van der Waals surface area contributed by atoms with E-state index in [-0.39, 0.29) is 11.8 Å². The maximum atomic E-state index is 9.84. The van der Waals surface area contributed by atoms with Crippen LogP contribution in [0.5, 0.6) is 5.75 Å². The van der Waals surface area contributed by atoms with Crippen LogP contribution in [0.1, 0.15) is 6.42 Å². The minimum Gasteiger partial charge on any atom is -0.506 e. The lowest BCUT2D eigenvalue weighted by Crippen LogP contribution is -2.32. The molecule has 2 rings (SSSR count). The summed E-state index contributed by atoms with van der Waals surface area (Å²) in [4.78, 5) is 0. The Hall–Kier alpha value is -0.970. The van der Waals surface area contributed by atoms with Gasteiger partial charge in [0.2, 0.25) is 0 Å². The molecule has 1 aromatic carbocycles. The van der Waals surface area contributed by atoms with Gasteiger partial charge in [0.25, 0.3) is 0 Å². The molecule has 4 nitrogen and oxygen atoms in total. The Labute approximate surface area is 92.6 Å². The maximum absolute atomic E-state index is 9.84. The van der Waals surface area contributed by atoms with Crippen LogP contribution in [0.15, 0.2) is 24.3 Å². The topological polar surface area (TPSA) is 52.9 Å². The Morgan fingerprint density at radius 1 is 1.40 bits per heavy atom. The van der Waals surface area contributed by atoms with Gasteiger partial charge in [0.15, 0.2) is 5.56 Å². The molecule has 0 spiro atoms. The molecule has 15 heavy (non-hydrogen) atoms. The SMILES string of the molecule is Oc1ccccc1N(O)C1CO[C](Cl)C1. The van der Waals surface area contributed by atoms with Crippen LogP contribution in [0.3, 0.4) is 0 Å². The van der Waals surface area contributed by atoms with E-state index in [4.69, 9.17) is 16.3 Å². The molecule has 81 valence electrons. The highest BCUT2D eigenvalue weighted by Gasteiger charge is 2.30. The Bertz CT molecular complexity index is 347. The number of aromatic hydroxyl groups is 1. The number of halogens is 1. The normalized spacial score (nSPS) is 21.9. The molecule has 1 unspecified atom stereocenters. The molecule has 1 aromatic rings. The number of hydrogen-bond acceptors (Lipinski definition) is 4. The van der Waals surface area contributed by atoms with E-state index >= 15 is 0 Å². The average Bonchev–Trinajstić information content (AvgIpc) is 2.65. The van der Waals surface area contributed by atoms with Gasteiger partial charge >= 0.3 is 0 Å². The number of nitrogens with zero attached hydrogens (tertiary/aromatic N) is 1. The Kier molecular flexibility index (Phi) is 3.00. The van der Waals surface area contributed by atoms with Gasteiger partial charge in [-0.05, 0) is 12.1 Å². The van der Waals surface area contributed by atoms with Crippen LogP contribution in [0, 0.1) is 5.56 Å². The van der Waals surface area contributed by atoms with Crippen LogP contribution in [0.4, 0.5) is 5.69 Å². The molecular weight excluding hydrogens is 218 g/mol. The highest BCUT2D eigenvalue weighted by molar-refractivity contribution is 6.25. The van der Waals surface area contributed by atoms with E-state index < -0.39 is 0 Å². The van der Waals surface area contributed by atoms with Crippen LogP contribution in [0.2, 0.25) is 0 Å². The number of hydroxylamine groups is 1. The molecule has 0 bridgehead atoms. The molecule has 1 fully saturated rings. The summed E-state index contributed by atoms with van der Waals surface area (Å²) in [6.45, 7) is 0.323. The van der Waals surface area contributed by atoms with Crippen LogP contribution < -0.4 is 5.06 Å². The predicted octanol–water partition coefficient (Wildman–Crippen LogP) is 2.10. The van der Waals surface area contributed by atoms with Crippen LogP contribution in [0.25, 0.3) is 0 Å². The zero-order valence-corrected chi connectivity index (χ0v) is 8.68. The fourth-order valence-electron chi connectivity index (χ4n) is 1.50. The van der Waals surface area contributed by atoms with Crippen molar-refractivity contribution in [1.82, 2.24) is 0 Å². The molecule has 0 aliphatic carbocycles. The van der Waals surface area contributed by atoms with Gasteiger partial charge in [-0.3, -0.25) is 5.21 Å². The minimum absolute atomic E-state index is 0.0306. The van der Waals surface area contributed by atoms with Gasteiger partial charge in [-0.25, -0.2) is 5.06 Å². The molecule has 0 saturated carbocycles. The van der Waals surface area contributed by atoms with Gasteiger partial charge in [0.1, 0.15) is 11.4 Å². The van der Waals surface area contributed by atoms with Crippen molar-refractivity contribution in [2.45, 2.75) is 12.5 Å². The Morgan fingerprint density at radius 3 is 2.73 bits per heavy atom. The number of benzene rings is 1. The first-order chi connectivity index (χ1) is 7.18. The largest absolute Gasteiger partial charge is 0.506 e. The van der Waals surface area contributed by atoms with Gasteiger partial charge in [-0.2, -0.15) is 0 Å². The van der Waals surface area contributed by atoms with E-state index in [0.717, 1.165) is 5.06 Å². The van der Waals surface area contributed by atoms with Gasteiger partial charge in [-0.1, -0.05) is 23.7 Å². The van der Waals surface area contributed by atoms with Gasteiger partial charge in [-0.15, -0.1) is 0 Å². The van der Waals surface area contributed by atoms with Crippen LogP contribution in [-0.4, -0.2) is 23.0 Å². The summed E-state index contributed by atoms with van der Waals surface area (Å²) in [5.41, 5.74) is 0.743. The van der Waals surface area contributed by atoms with E-state index in [1.165, 1.54) is 6.07 Å². The first kappa shape index (κ1) is 10.5. The minimum atomic E-state index is -0.245. The maximum Gasteiger partial charge on any atom is 0.186 e. The van der Waals surface area contributed by atoms with Crippen LogP contribution >= 0.6 is 11.6 Å². The summed E-state index contributed by atoms with van der Waals surface area (Å²) in [6.07, 6.45) is 0.451. The third-order valence-electron chi connectivity index (χ3n) is 2.30. The Morgan fingerprint density at radius 2 is 2.13 bits per heavy atom. The highest BCUT2D eigenvalue weighted by atomic mass is 35.5. The summed E-state index contributed by atoms with van der Waals surface area (Å²) in [5.74, 6) is 0.0306. The van der Waals surface area contributed by atoms with Crippen molar-refractivity contribution in [3.05, 3.63) is 29.8 Å². The third-order valence-corrected chi connectivity index (χ3v) is 2.57. The molecule has 1 atom stereocenters. The summed E-state index contributed by atoms with van der Waals surface area (Å²) in [5, 5.41) is 20.4. The third kappa shape index (κ3) is 2.17. The molecule has 1 saturated heterocycles. The highest BCUT2D eigenvalue weighted by Crippen LogP contribution is 2.32. The fraction of sp³-hybridized carbons (Fsp3) is 0.300.